The van der Waals surface area contributed by atoms with E-state index in [9.17, 15) is 9.90 Å². The molecule has 0 bridgehead atoms. The summed E-state index contributed by atoms with van der Waals surface area (Å²) in [7, 11) is 3.43. The van der Waals surface area contributed by atoms with Crippen LogP contribution in [0.1, 0.15) is 45.1 Å². The highest BCUT2D eigenvalue weighted by Gasteiger charge is 2.39. The zero-order chi connectivity index (χ0) is 30.2. The zero-order valence-corrected chi connectivity index (χ0v) is 26.1. The van der Waals surface area contributed by atoms with Gasteiger partial charge in [-0.2, -0.15) is 0 Å². The van der Waals surface area contributed by atoms with E-state index in [0.717, 1.165) is 44.1 Å². The molecule has 2 N–H and O–H groups in total. The van der Waals surface area contributed by atoms with Crippen molar-refractivity contribution in [2.45, 2.75) is 46.1 Å². The van der Waals surface area contributed by atoms with Crippen LogP contribution in [0.5, 0.6) is 11.5 Å². The molecule has 0 saturated heterocycles. The van der Waals surface area contributed by atoms with Gasteiger partial charge in [-0.25, -0.2) is 4.79 Å². The van der Waals surface area contributed by atoms with Crippen LogP contribution in [0.15, 0.2) is 66.7 Å². The highest BCUT2D eigenvalue weighted by molar-refractivity contribution is 7.80. The minimum atomic E-state index is -0.824. The van der Waals surface area contributed by atoms with Gasteiger partial charge in [-0.05, 0) is 81.4 Å². The fourth-order valence-corrected chi connectivity index (χ4v) is 6.32. The zero-order valence-electron chi connectivity index (χ0n) is 24.5. The SMILES string of the molecule is COc1cc(OC(=S)c2ccccc2C)ccc1-c1ccc2c(c1COC(=O)c1ccc(C)s1)N(C)C(O)C(C)(C)N2. The summed E-state index contributed by atoms with van der Waals surface area (Å²) in [6.45, 7) is 7.80. The molecule has 2 heterocycles. The number of hydrogen-bond donors (Lipinski definition) is 2. The van der Waals surface area contributed by atoms with Crippen LogP contribution in [0, 0.1) is 13.8 Å². The number of nitrogens with zero attached hydrogens (tertiary/aromatic N) is 1. The molecule has 0 spiro atoms. The van der Waals surface area contributed by atoms with Crippen LogP contribution in [-0.2, 0) is 11.3 Å². The summed E-state index contributed by atoms with van der Waals surface area (Å²) in [4.78, 5) is 16.3. The van der Waals surface area contributed by atoms with Crippen LogP contribution in [0.3, 0.4) is 0 Å². The number of fused-ring (bicyclic) bond motifs is 1. The number of nitrogens with one attached hydrogen (secondary N) is 1. The van der Waals surface area contributed by atoms with Gasteiger partial charge >= 0.3 is 5.97 Å². The van der Waals surface area contributed by atoms with Gasteiger partial charge in [0.2, 0.25) is 0 Å². The van der Waals surface area contributed by atoms with Crippen LogP contribution in [0.2, 0.25) is 0 Å². The highest BCUT2D eigenvalue weighted by Crippen LogP contribution is 2.46. The molecule has 1 aliphatic rings. The van der Waals surface area contributed by atoms with E-state index in [1.54, 1.807) is 19.2 Å². The number of thiophene rings is 1. The third-order valence-electron chi connectivity index (χ3n) is 7.43. The largest absolute Gasteiger partial charge is 0.496 e. The first-order valence-electron chi connectivity index (χ1n) is 13.5. The Labute approximate surface area is 255 Å². The van der Waals surface area contributed by atoms with Crippen molar-refractivity contribution in [3.05, 3.63) is 93.2 Å². The number of anilines is 2. The van der Waals surface area contributed by atoms with Crippen molar-refractivity contribution in [1.29, 1.82) is 0 Å². The summed E-state index contributed by atoms with van der Waals surface area (Å²) in [5.74, 6) is 0.706. The Bertz CT molecular complexity index is 1660. The number of aliphatic hydroxyl groups excluding tert-OH is 1. The molecular weight excluding hydrogens is 569 g/mol. The maximum Gasteiger partial charge on any atom is 0.348 e. The number of rotatable bonds is 7. The van der Waals surface area contributed by atoms with Crippen LogP contribution in [-0.4, -0.2) is 42.1 Å². The number of carbonyl (C=O) groups is 1. The summed E-state index contributed by atoms with van der Waals surface area (Å²) >= 11 is 6.97. The normalized spacial score (nSPS) is 15.4. The number of ether oxygens (including phenoxy) is 3. The van der Waals surface area contributed by atoms with Gasteiger partial charge < -0.3 is 29.5 Å². The molecule has 0 fully saturated rings. The van der Waals surface area contributed by atoms with Crippen molar-refractivity contribution in [2.75, 3.05) is 24.4 Å². The summed E-state index contributed by atoms with van der Waals surface area (Å²) in [6.07, 6.45) is -0.824. The number of thiocarbonyl (C=S) groups is 1. The molecule has 218 valence electrons. The molecule has 3 aromatic carbocycles. The Morgan fingerprint density at radius 3 is 2.50 bits per heavy atom. The number of hydrogen-bond acceptors (Lipinski definition) is 9. The minimum absolute atomic E-state index is 0.00771. The first-order chi connectivity index (χ1) is 20.0. The van der Waals surface area contributed by atoms with Crippen molar-refractivity contribution >= 4 is 45.9 Å². The molecule has 0 aliphatic carbocycles. The number of esters is 1. The quantitative estimate of drug-likeness (QED) is 0.171. The number of aryl methyl sites for hydroxylation is 2. The number of likely N-dealkylation sites (N-methyl/N-ethyl adjacent to an activating group) is 1. The average molecular weight is 603 g/mol. The third-order valence-corrected chi connectivity index (χ3v) is 8.72. The fraction of sp³-hybridized carbons (Fsp3) is 0.273. The number of benzene rings is 3. The minimum Gasteiger partial charge on any atom is -0.496 e. The third kappa shape index (κ3) is 5.72. The van der Waals surface area contributed by atoms with E-state index in [1.807, 2.05) is 94.2 Å². The molecule has 0 amide bonds. The van der Waals surface area contributed by atoms with Crippen LogP contribution >= 0.6 is 23.6 Å². The lowest BCUT2D eigenvalue weighted by Gasteiger charge is -2.46. The molecule has 1 unspecified atom stereocenters. The molecule has 9 heteroatoms. The molecule has 1 atom stereocenters. The van der Waals surface area contributed by atoms with Gasteiger partial charge in [-0.1, -0.05) is 30.3 Å². The maximum absolute atomic E-state index is 13.0. The lowest BCUT2D eigenvalue weighted by molar-refractivity contribution is 0.0478. The monoisotopic (exact) mass is 602 g/mol. The van der Waals surface area contributed by atoms with Crippen molar-refractivity contribution in [2.24, 2.45) is 0 Å². The van der Waals surface area contributed by atoms with Crippen molar-refractivity contribution in [3.8, 4) is 22.6 Å². The first kappa shape index (κ1) is 29.6. The van der Waals surface area contributed by atoms with Gasteiger partial charge in [0.15, 0.2) is 5.05 Å². The van der Waals surface area contributed by atoms with Gasteiger partial charge in [0.1, 0.15) is 29.2 Å². The van der Waals surface area contributed by atoms with E-state index in [2.05, 4.69) is 5.32 Å². The van der Waals surface area contributed by atoms with Gasteiger partial charge in [0, 0.05) is 34.7 Å². The summed E-state index contributed by atoms with van der Waals surface area (Å²) in [5, 5.41) is 14.9. The van der Waals surface area contributed by atoms with Gasteiger partial charge in [-0.3, -0.25) is 0 Å². The van der Waals surface area contributed by atoms with E-state index in [1.165, 1.54) is 11.3 Å². The Kier molecular flexibility index (Phi) is 8.28. The molecule has 0 radical (unpaired) electrons. The topological polar surface area (TPSA) is 80.3 Å². The van der Waals surface area contributed by atoms with Gasteiger partial charge in [-0.15, -0.1) is 11.3 Å². The Hall–Kier alpha value is -3.92. The van der Waals surface area contributed by atoms with Crippen molar-refractivity contribution < 1.29 is 24.1 Å². The van der Waals surface area contributed by atoms with Gasteiger partial charge in [0.25, 0.3) is 0 Å². The number of methoxy groups -OCH3 is 1. The molecule has 5 rings (SSSR count). The molecule has 1 aromatic heterocycles. The number of aliphatic hydroxyl groups is 1. The molecule has 4 aromatic rings. The summed E-state index contributed by atoms with van der Waals surface area (Å²) in [5.41, 5.74) is 5.18. The second kappa shape index (κ2) is 11.8. The molecule has 7 nitrogen and oxygen atoms in total. The van der Waals surface area contributed by atoms with E-state index in [-0.39, 0.29) is 6.61 Å². The molecule has 0 saturated carbocycles. The van der Waals surface area contributed by atoms with E-state index < -0.39 is 17.7 Å². The maximum atomic E-state index is 13.0. The Morgan fingerprint density at radius 2 is 1.81 bits per heavy atom. The smallest absolute Gasteiger partial charge is 0.348 e. The standard InChI is InChI=1S/C33H34N2O5S2/c1-19-9-7-8-10-22(19)31(41)40-21-12-13-24(27(17-21)38-6)23-14-15-26-29(35(5)32(37)33(3,4)34-26)25(23)18-39-30(36)28-16-11-20(2)42-28/h7-17,32,34,37H,18H2,1-6H3. The molecule has 1 aliphatic heterocycles. The van der Waals surface area contributed by atoms with Crippen molar-refractivity contribution in [3.63, 3.8) is 0 Å². The average Bonchev–Trinajstić information content (AvgIpc) is 3.40. The predicted molar refractivity (Wildman–Crippen MR) is 172 cm³/mol. The van der Waals surface area contributed by atoms with Crippen LogP contribution in [0.4, 0.5) is 11.4 Å². The Balaban J connectivity index is 1.54. The summed E-state index contributed by atoms with van der Waals surface area (Å²) in [6, 6.07) is 21.0. The summed E-state index contributed by atoms with van der Waals surface area (Å²) < 4.78 is 17.7. The lowest BCUT2D eigenvalue weighted by Crippen LogP contribution is -2.56. The van der Waals surface area contributed by atoms with Crippen LogP contribution in [0.25, 0.3) is 11.1 Å². The second-order valence-corrected chi connectivity index (χ2v) is 12.5. The van der Waals surface area contributed by atoms with E-state index in [4.69, 9.17) is 26.4 Å². The van der Waals surface area contributed by atoms with E-state index >= 15 is 0 Å². The Morgan fingerprint density at radius 1 is 1.07 bits per heavy atom. The predicted octanol–water partition coefficient (Wildman–Crippen LogP) is 7.11. The molecule has 42 heavy (non-hydrogen) atoms. The number of carbonyl (C=O) groups excluding carboxylic acids is 1. The lowest BCUT2D eigenvalue weighted by atomic mass is 9.91. The van der Waals surface area contributed by atoms with Gasteiger partial charge in [0.05, 0.1) is 24.0 Å². The van der Waals surface area contributed by atoms with Crippen molar-refractivity contribution in [1.82, 2.24) is 0 Å². The second-order valence-electron chi connectivity index (χ2n) is 10.9. The van der Waals surface area contributed by atoms with Crippen LogP contribution < -0.4 is 19.7 Å². The first-order valence-corrected chi connectivity index (χ1v) is 14.8. The molecular formula is C33H34N2O5S2. The van der Waals surface area contributed by atoms with E-state index in [0.29, 0.717) is 21.4 Å². The fourth-order valence-electron chi connectivity index (χ4n) is 5.23. The highest BCUT2D eigenvalue weighted by atomic mass is 32.1.